The first kappa shape index (κ1) is 13.2. The summed E-state index contributed by atoms with van der Waals surface area (Å²) in [5.41, 5.74) is 7.65. The van der Waals surface area contributed by atoms with E-state index in [0.29, 0.717) is 24.1 Å². The number of primary amides is 1. The Morgan fingerprint density at radius 1 is 1.53 bits per heavy atom. The van der Waals surface area contributed by atoms with Crippen molar-refractivity contribution < 1.29 is 4.79 Å². The summed E-state index contributed by atoms with van der Waals surface area (Å²) >= 11 is 0. The van der Waals surface area contributed by atoms with Gasteiger partial charge < -0.3 is 16.1 Å². The summed E-state index contributed by atoms with van der Waals surface area (Å²) in [6.07, 6.45) is 1.39. The minimum atomic E-state index is -0.397. The van der Waals surface area contributed by atoms with E-state index in [2.05, 4.69) is 29.2 Å². The van der Waals surface area contributed by atoms with Gasteiger partial charge in [-0.05, 0) is 5.92 Å². The zero-order valence-electron chi connectivity index (χ0n) is 10.1. The molecule has 17 heavy (non-hydrogen) atoms. The number of rotatable bonds is 6. The van der Waals surface area contributed by atoms with Gasteiger partial charge in [0.15, 0.2) is 0 Å². The molecule has 7 nitrogen and oxygen atoms in total. The molecule has 0 radical (unpaired) electrons. The number of hydrogen-bond acceptors (Lipinski definition) is 6. The fraction of sp³-hybridized carbons (Fsp3) is 0.500. The fourth-order valence-electron chi connectivity index (χ4n) is 1.47. The number of nitrogens with zero attached hydrogens (tertiary/aromatic N) is 3. The van der Waals surface area contributed by atoms with E-state index in [1.807, 2.05) is 0 Å². The van der Waals surface area contributed by atoms with E-state index in [1.165, 1.54) is 6.33 Å². The molecule has 94 valence electrons. The normalized spacial score (nSPS) is 10.4. The predicted octanol–water partition coefficient (Wildman–Crippen LogP) is -0.290. The number of nitrogen functional groups attached to an aromatic ring is 1. The molecule has 1 heterocycles. The van der Waals surface area contributed by atoms with E-state index in [-0.39, 0.29) is 6.54 Å². The molecule has 1 aromatic rings. The molecule has 1 aromatic heterocycles. The van der Waals surface area contributed by atoms with Gasteiger partial charge in [-0.1, -0.05) is 13.8 Å². The van der Waals surface area contributed by atoms with Gasteiger partial charge in [-0.3, -0.25) is 4.79 Å². The van der Waals surface area contributed by atoms with Crippen LogP contribution >= 0.6 is 0 Å². The summed E-state index contributed by atoms with van der Waals surface area (Å²) in [5.74, 6) is 6.38. The molecule has 7 heteroatoms. The molecule has 0 saturated heterocycles. The Bertz CT molecular complexity index is 381. The lowest BCUT2D eigenvalue weighted by Gasteiger charge is -2.24. The third kappa shape index (κ3) is 4.23. The van der Waals surface area contributed by atoms with Gasteiger partial charge >= 0.3 is 0 Å². The zero-order valence-corrected chi connectivity index (χ0v) is 10.1. The molecular weight excluding hydrogens is 220 g/mol. The average molecular weight is 238 g/mol. The Morgan fingerprint density at radius 3 is 2.76 bits per heavy atom. The van der Waals surface area contributed by atoms with Gasteiger partial charge in [0.25, 0.3) is 0 Å². The van der Waals surface area contributed by atoms with Gasteiger partial charge in [-0.25, -0.2) is 15.8 Å². The van der Waals surface area contributed by atoms with Crippen molar-refractivity contribution in [3.05, 3.63) is 12.4 Å². The monoisotopic (exact) mass is 238 g/mol. The third-order valence-electron chi connectivity index (χ3n) is 2.06. The molecule has 0 aliphatic heterocycles. The van der Waals surface area contributed by atoms with Gasteiger partial charge in [0, 0.05) is 12.6 Å². The summed E-state index contributed by atoms with van der Waals surface area (Å²) in [4.78, 5) is 20.8. The summed E-state index contributed by atoms with van der Waals surface area (Å²) in [5, 5.41) is 0. The molecular formula is C10H18N6O. The Hall–Kier alpha value is -1.89. The highest BCUT2D eigenvalue weighted by atomic mass is 16.1. The van der Waals surface area contributed by atoms with Gasteiger partial charge in [-0.2, -0.15) is 0 Å². The Morgan fingerprint density at radius 2 is 2.24 bits per heavy atom. The van der Waals surface area contributed by atoms with Gasteiger partial charge in [0.05, 0.1) is 6.54 Å². The molecule has 1 amide bonds. The Labute approximate surface area is 100 Å². The van der Waals surface area contributed by atoms with Crippen LogP contribution in [0.2, 0.25) is 0 Å². The van der Waals surface area contributed by atoms with Crippen molar-refractivity contribution in [3.63, 3.8) is 0 Å². The van der Waals surface area contributed by atoms with Crippen LogP contribution in [0.15, 0.2) is 12.4 Å². The molecule has 0 spiro atoms. The maximum Gasteiger partial charge on any atom is 0.236 e. The second-order valence-corrected chi connectivity index (χ2v) is 4.15. The van der Waals surface area contributed by atoms with Crippen LogP contribution in [0.3, 0.4) is 0 Å². The van der Waals surface area contributed by atoms with Crippen molar-refractivity contribution in [1.82, 2.24) is 9.97 Å². The highest BCUT2D eigenvalue weighted by Crippen LogP contribution is 2.14. The van der Waals surface area contributed by atoms with E-state index < -0.39 is 5.91 Å². The SMILES string of the molecule is CC(C)CN(CC(N)=O)c1cc(NN)ncn1. The fourth-order valence-corrected chi connectivity index (χ4v) is 1.47. The second kappa shape index (κ2) is 6.00. The number of nitrogens with one attached hydrogen (secondary N) is 1. The number of hydrazine groups is 1. The molecule has 0 aromatic carbocycles. The van der Waals surface area contributed by atoms with Crippen LogP contribution in [0.5, 0.6) is 0 Å². The van der Waals surface area contributed by atoms with Crippen molar-refractivity contribution in [2.75, 3.05) is 23.4 Å². The zero-order chi connectivity index (χ0) is 12.8. The van der Waals surface area contributed by atoms with E-state index >= 15 is 0 Å². The topological polar surface area (TPSA) is 110 Å². The van der Waals surface area contributed by atoms with Crippen LogP contribution in [0, 0.1) is 5.92 Å². The number of amides is 1. The highest BCUT2D eigenvalue weighted by Gasteiger charge is 2.13. The first-order valence-electron chi connectivity index (χ1n) is 5.35. The van der Waals surface area contributed by atoms with Crippen molar-refractivity contribution in [1.29, 1.82) is 0 Å². The molecule has 0 unspecified atom stereocenters. The lowest BCUT2D eigenvalue weighted by Crippen LogP contribution is -2.36. The number of nitrogens with two attached hydrogens (primary N) is 2. The van der Waals surface area contributed by atoms with Crippen LogP contribution in [0.4, 0.5) is 11.6 Å². The summed E-state index contributed by atoms with van der Waals surface area (Å²) in [7, 11) is 0. The van der Waals surface area contributed by atoms with Crippen LogP contribution in [0.1, 0.15) is 13.8 Å². The van der Waals surface area contributed by atoms with Gasteiger partial charge in [-0.15, -0.1) is 0 Å². The number of hydrogen-bond donors (Lipinski definition) is 3. The number of aromatic nitrogens is 2. The second-order valence-electron chi connectivity index (χ2n) is 4.15. The quantitative estimate of drug-likeness (QED) is 0.464. The van der Waals surface area contributed by atoms with E-state index in [1.54, 1.807) is 11.0 Å². The smallest absolute Gasteiger partial charge is 0.236 e. The summed E-state index contributed by atoms with van der Waals surface area (Å²) in [6.45, 7) is 4.91. The molecule has 0 bridgehead atoms. The lowest BCUT2D eigenvalue weighted by atomic mass is 10.2. The standard InChI is InChI=1S/C10H18N6O/c1-7(2)4-16(5-8(11)17)10-3-9(15-12)13-6-14-10/h3,6-7H,4-5,12H2,1-2H3,(H2,11,17)(H,13,14,15). The van der Waals surface area contributed by atoms with Crippen LogP contribution < -0.4 is 21.9 Å². The summed E-state index contributed by atoms with van der Waals surface area (Å²) < 4.78 is 0. The molecule has 1 rings (SSSR count). The van der Waals surface area contributed by atoms with Crippen molar-refractivity contribution in [3.8, 4) is 0 Å². The average Bonchev–Trinajstić information content (AvgIpc) is 2.27. The minimum Gasteiger partial charge on any atom is -0.368 e. The third-order valence-corrected chi connectivity index (χ3v) is 2.06. The largest absolute Gasteiger partial charge is 0.368 e. The van der Waals surface area contributed by atoms with Crippen LogP contribution in [-0.2, 0) is 4.79 Å². The maximum atomic E-state index is 11.0. The minimum absolute atomic E-state index is 0.124. The number of anilines is 2. The molecule has 5 N–H and O–H groups in total. The predicted molar refractivity (Wildman–Crippen MR) is 66.1 cm³/mol. The molecule has 0 aliphatic rings. The molecule has 0 fully saturated rings. The van der Waals surface area contributed by atoms with Gasteiger partial charge in [0.2, 0.25) is 5.91 Å². The number of carbonyl (C=O) groups is 1. The molecule has 0 saturated carbocycles. The summed E-state index contributed by atoms with van der Waals surface area (Å²) in [6, 6.07) is 1.67. The van der Waals surface area contributed by atoms with E-state index in [0.717, 1.165) is 0 Å². The highest BCUT2D eigenvalue weighted by molar-refractivity contribution is 5.79. The molecule has 0 atom stereocenters. The molecule has 0 aliphatic carbocycles. The van der Waals surface area contributed by atoms with Crippen molar-refractivity contribution >= 4 is 17.5 Å². The van der Waals surface area contributed by atoms with E-state index in [4.69, 9.17) is 11.6 Å². The Kier molecular flexibility index (Phi) is 4.65. The van der Waals surface area contributed by atoms with E-state index in [9.17, 15) is 4.79 Å². The number of carbonyl (C=O) groups excluding carboxylic acids is 1. The van der Waals surface area contributed by atoms with Crippen LogP contribution in [0.25, 0.3) is 0 Å². The maximum absolute atomic E-state index is 11.0. The Balaban J connectivity index is 2.90. The first-order chi connectivity index (χ1) is 8.02. The van der Waals surface area contributed by atoms with Gasteiger partial charge in [0.1, 0.15) is 18.0 Å². The van der Waals surface area contributed by atoms with Crippen molar-refractivity contribution in [2.45, 2.75) is 13.8 Å². The first-order valence-corrected chi connectivity index (χ1v) is 5.35. The van der Waals surface area contributed by atoms with Crippen LogP contribution in [-0.4, -0.2) is 29.0 Å². The lowest BCUT2D eigenvalue weighted by molar-refractivity contribution is -0.116. The van der Waals surface area contributed by atoms with Crippen molar-refractivity contribution in [2.24, 2.45) is 17.5 Å².